The molecule has 1 atom stereocenters. The summed E-state index contributed by atoms with van der Waals surface area (Å²) in [5.41, 5.74) is 5.77. The number of carbonyl (C=O) groups is 2. The molecule has 182 valence electrons. The van der Waals surface area contributed by atoms with Gasteiger partial charge in [0, 0.05) is 32.2 Å². The Bertz CT molecular complexity index is 1200. The van der Waals surface area contributed by atoms with Crippen molar-refractivity contribution >= 4 is 17.8 Å². The highest BCUT2D eigenvalue weighted by molar-refractivity contribution is 5.75. The van der Waals surface area contributed by atoms with Crippen LogP contribution in [0.3, 0.4) is 0 Å². The molecule has 11 nitrogen and oxygen atoms in total. The Morgan fingerprint density at radius 3 is 2.41 bits per heavy atom. The molecule has 3 rings (SSSR count). The fraction of sp³-hybridized carbons (Fsp3) is 0.409. The van der Waals surface area contributed by atoms with Crippen LogP contribution in [0.4, 0.5) is 10.2 Å². The van der Waals surface area contributed by atoms with Gasteiger partial charge in [-0.3, -0.25) is 23.5 Å². The standard InChI is InChI=1S/C18H20FN5O2.C4H6O4/c1-22-17(25)8-16(23-6-2-3-15(21)11-23)24(18(22)26)10-13-7-14(19)5-4-12(13)9-20;5-3(6)1-2-4(7)8/h4-5,7-8,15H,2-3,6,10-11,21H2,1H3;1-2H2,(H,5,6)(H,7,8)/t15-;/m1./s1. The molecular formula is C22H26FN5O6. The average Bonchev–Trinajstić information content (AvgIpc) is 2.78. The van der Waals surface area contributed by atoms with Crippen molar-refractivity contribution in [2.45, 2.75) is 38.3 Å². The molecule has 1 aromatic heterocycles. The lowest BCUT2D eigenvalue weighted by Gasteiger charge is -2.34. The minimum atomic E-state index is -1.08. The van der Waals surface area contributed by atoms with Crippen molar-refractivity contribution in [3.8, 4) is 6.07 Å². The van der Waals surface area contributed by atoms with Gasteiger partial charge in [-0.25, -0.2) is 9.18 Å². The zero-order valence-electron chi connectivity index (χ0n) is 18.6. The highest BCUT2D eigenvalue weighted by atomic mass is 19.1. The summed E-state index contributed by atoms with van der Waals surface area (Å²) in [7, 11) is 1.39. The molecule has 0 spiro atoms. The summed E-state index contributed by atoms with van der Waals surface area (Å²) in [6.45, 7) is 1.20. The summed E-state index contributed by atoms with van der Waals surface area (Å²) in [5, 5.41) is 25.1. The van der Waals surface area contributed by atoms with Crippen LogP contribution in [0.25, 0.3) is 0 Å². The Balaban J connectivity index is 0.000000440. The van der Waals surface area contributed by atoms with Crippen molar-refractivity contribution in [1.29, 1.82) is 5.26 Å². The molecule has 0 saturated carbocycles. The largest absolute Gasteiger partial charge is 0.481 e. The molecule has 34 heavy (non-hydrogen) atoms. The zero-order chi connectivity index (χ0) is 25.4. The van der Waals surface area contributed by atoms with E-state index in [1.54, 1.807) is 0 Å². The number of carboxylic acids is 2. The second-order valence-corrected chi connectivity index (χ2v) is 7.82. The number of nitrogens with two attached hydrogens (primary N) is 1. The number of anilines is 1. The molecular weight excluding hydrogens is 449 g/mol. The second kappa shape index (κ2) is 11.8. The predicted octanol–water partition coefficient (Wildman–Crippen LogP) is 0.469. The first-order valence-electron chi connectivity index (χ1n) is 10.5. The van der Waals surface area contributed by atoms with Gasteiger partial charge >= 0.3 is 17.6 Å². The number of rotatable bonds is 6. The van der Waals surface area contributed by atoms with Gasteiger partial charge < -0.3 is 20.8 Å². The lowest BCUT2D eigenvalue weighted by molar-refractivity contribution is -0.143. The van der Waals surface area contributed by atoms with Crippen LogP contribution < -0.4 is 21.9 Å². The van der Waals surface area contributed by atoms with E-state index in [2.05, 4.69) is 0 Å². The van der Waals surface area contributed by atoms with Gasteiger partial charge in [-0.1, -0.05) is 0 Å². The number of hydrogen-bond donors (Lipinski definition) is 3. The van der Waals surface area contributed by atoms with Crippen molar-refractivity contribution in [2.75, 3.05) is 18.0 Å². The van der Waals surface area contributed by atoms with Crippen molar-refractivity contribution in [3.63, 3.8) is 0 Å². The summed E-state index contributed by atoms with van der Waals surface area (Å²) in [6.07, 6.45) is 1.15. The fourth-order valence-corrected chi connectivity index (χ4v) is 3.47. The number of nitrogens with zero attached hydrogens (tertiary/aromatic N) is 4. The van der Waals surface area contributed by atoms with Gasteiger partial charge in [0.05, 0.1) is 31.0 Å². The molecule has 1 aliphatic heterocycles. The number of carboxylic acid groups (broad SMARTS) is 2. The molecule has 0 unspecified atom stereocenters. The minimum absolute atomic E-state index is 0.00528. The Kier molecular flexibility index (Phi) is 9.09. The summed E-state index contributed by atoms with van der Waals surface area (Å²) < 4.78 is 16.1. The monoisotopic (exact) mass is 475 g/mol. The van der Waals surface area contributed by atoms with E-state index in [-0.39, 0.29) is 31.0 Å². The molecule has 2 aromatic rings. The molecule has 0 aliphatic carbocycles. The highest BCUT2D eigenvalue weighted by Crippen LogP contribution is 2.19. The maximum Gasteiger partial charge on any atom is 0.332 e. The number of halogens is 1. The molecule has 1 aliphatic rings. The van der Waals surface area contributed by atoms with Crippen LogP contribution in [0.5, 0.6) is 0 Å². The molecule has 0 bridgehead atoms. The van der Waals surface area contributed by atoms with Crippen LogP contribution in [0, 0.1) is 17.1 Å². The van der Waals surface area contributed by atoms with E-state index in [0.29, 0.717) is 24.5 Å². The second-order valence-electron chi connectivity index (χ2n) is 7.82. The van der Waals surface area contributed by atoms with Gasteiger partial charge in [0.2, 0.25) is 0 Å². The van der Waals surface area contributed by atoms with E-state index in [9.17, 15) is 28.8 Å². The Morgan fingerprint density at radius 2 is 1.85 bits per heavy atom. The van der Waals surface area contributed by atoms with E-state index < -0.39 is 29.0 Å². The number of hydrogen-bond acceptors (Lipinski definition) is 7. The van der Waals surface area contributed by atoms with Gasteiger partial charge in [-0.15, -0.1) is 0 Å². The molecule has 1 fully saturated rings. The summed E-state index contributed by atoms with van der Waals surface area (Å²) in [6, 6.07) is 7.19. The molecule has 4 N–H and O–H groups in total. The average molecular weight is 475 g/mol. The van der Waals surface area contributed by atoms with Crippen LogP contribution in [0.15, 0.2) is 33.9 Å². The number of benzene rings is 1. The van der Waals surface area contributed by atoms with Gasteiger partial charge in [0.1, 0.15) is 11.6 Å². The van der Waals surface area contributed by atoms with Crippen molar-refractivity contribution in [3.05, 3.63) is 62.0 Å². The third-order valence-corrected chi connectivity index (χ3v) is 5.23. The zero-order valence-corrected chi connectivity index (χ0v) is 18.6. The first kappa shape index (κ1) is 26.3. The number of aliphatic carboxylic acids is 2. The van der Waals surface area contributed by atoms with E-state index >= 15 is 0 Å². The van der Waals surface area contributed by atoms with Gasteiger partial charge in [-0.2, -0.15) is 5.26 Å². The lowest BCUT2D eigenvalue weighted by atomic mass is 10.1. The molecule has 1 saturated heterocycles. The SMILES string of the molecule is Cn1c(=O)cc(N2CCC[C@@H](N)C2)n(Cc2cc(F)ccc2C#N)c1=O.O=C(O)CCC(=O)O. The fourth-order valence-electron chi connectivity index (χ4n) is 3.47. The minimum Gasteiger partial charge on any atom is -0.481 e. The van der Waals surface area contributed by atoms with E-state index in [1.165, 1.54) is 35.9 Å². The van der Waals surface area contributed by atoms with Crippen LogP contribution >= 0.6 is 0 Å². The summed E-state index contributed by atoms with van der Waals surface area (Å²) in [4.78, 5) is 46.0. The Labute approximate surface area is 194 Å². The van der Waals surface area contributed by atoms with Crippen molar-refractivity contribution in [2.24, 2.45) is 12.8 Å². The Morgan fingerprint density at radius 1 is 1.21 bits per heavy atom. The molecule has 12 heteroatoms. The normalized spacial score (nSPS) is 15.1. The van der Waals surface area contributed by atoms with Gasteiger partial charge in [-0.05, 0) is 36.6 Å². The summed E-state index contributed by atoms with van der Waals surface area (Å²) >= 11 is 0. The van der Waals surface area contributed by atoms with E-state index in [0.717, 1.165) is 17.4 Å². The van der Waals surface area contributed by atoms with Crippen LogP contribution in [-0.4, -0.2) is 50.4 Å². The first-order chi connectivity index (χ1) is 16.0. The summed E-state index contributed by atoms with van der Waals surface area (Å²) in [5.74, 6) is -2.19. The quantitative estimate of drug-likeness (QED) is 0.537. The van der Waals surface area contributed by atoms with Crippen molar-refractivity contribution < 1.29 is 24.2 Å². The lowest BCUT2D eigenvalue weighted by Crippen LogP contribution is -2.47. The third-order valence-electron chi connectivity index (χ3n) is 5.23. The highest BCUT2D eigenvalue weighted by Gasteiger charge is 2.22. The smallest absolute Gasteiger partial charge is 0.332 e. The molecule has 0 radical (unpaired) electrons. The molecule has 1 aromatic carbocycles. The first-order valence-corrected chi connectivity index (χ1v) is 10.5. The van der Waals surface area contributed by atoms with Gasteiger partial charge in [0.25, 0.3) is 5.56 Å². The van der Waals surface area contributed by atoms with E-state index in [4.69, 9.17) is 15.9 Å². The van der Waals surface area contributed by atoms with Crippen molar-refractivity contribution in [1.82, 2.24) is 9.13 Å². The van der Waals surface area contributed by atoms with Crippen LogP contribution in [0.1, 0.15) is 36.8 Å². The molecule has 0 amide bonds. The predicted molar refractivity (Wildman–Crippen MR) is 120 cm³/mol. The van der Waals surface area contributed by atoms with E-state index in [1.807, 2.05) is 11.0 Å². The topological polar surface area (TPSA) is 172 Å². The molecule has 2 heterocycles. The number of piperidine rings is 1. The number of aromatic nitrogens is 2. The van der Waals surface area contributed by atoms with Crippen LogP contribution in [-0.2, 0) is 23.2 Å². The Hall–Kier alpha value is -3.98. The van der Waals surface area contributed by atoms with Crippen LogP contribution in [0.2, 0.25) is 0 Å². The maximum atomic E-state index is 13.7. The van der Waals surface area contributed by atoms with Gasteiger partial charge in [0.15, 0.2) is 0 Å². The maximum absolute atomic E-state index is 13.7. The third kappa shape index (κ3) is 7.01. The number of nitriles is 1.